The highest BCUT2D eigenvalue weighted by molar-refractivity contribution is 7.17. The van der Waals surface area contributed by atoms with E-state index in [0.29, 0.717) is 28.7 Å². The van der Waals surface area contributed by atoms with Gasteiger partial charge in [-0.15, -0.1) is 11.3 Å². The molecule has 8 heteroatoms. The minimum Gasteiger partial charge on any atom is -0.492 e. The Morgan fingerprint density at radius 3 is 3.05 bits per heavy atom. The summed E-state index contributed by atoms with van der Waals surface area (Å²) in [5, 5.41) is 14.2. The second-order valence-electron chi connectivity index (χ2n) is 4.60. The van der Waals surface area contributed by atoms with Gasteiger partial charge in [0.25, 0.3) is 5.91 Å². The van der Waals surface area contributed by atoms with Crippen molar-refractivity contribution in [3.63, 3.8) is 0 Å². The monoisotopic (exact) mass is 315 g/mol. The van der Waals surface area contributed by atoms with Gasteiger partial charge < -0.3 is 16.2 Å². The summed E-state index contributed by atoms with van der Waals surface area (Å²) in [6.07, 6.45) is 4.15. The van der Waals surface area contributed by atoms with Crippen LogP contribution in [0.4, 0.5) is 5.95 Å². The van der Waals surface area contributed by atoms with Crippen LogP contribution in [0.5, 0.6) is 5.88 Å². The molecule has 0 spiro atoms. The van der Waals surface area contributed by atoms with Gasteiger partial charge in [0.05, 0.1) is 5.56 Å². The number of aromatic hydroxyl groups is 1. The van der Waals surface area contributed by atoms with Gasteiger partial charge in [-0.1, -0.05) is 6.07 Å². The van der Waals surface area contributed by atoms with Crippen LogP contribution in [0.1, 0.15) is 15.9 Å². The predicted molar refractivity (Wildman–Crippen MR) is 83.8 cm³/mol. The fraction of sp³-hybridized carbons (Fsp3) is 0.143. The van der Waals surface area contributed by atoms with Gasteiger partial charge in [0.2, 0.25) is 11.8 Å². The van der Waals surface area contributed by atoms with Gasteiger partial charge in [-0.25, -0.2) is 4.98 Å². The van der Waals surface area contributed by atoms with Crippen molar-refractivity contribution in [2.24, 2.45) is 0 Å². The molecule has 0 saturated carbocycles. The molecule has 0 aliphatic rings. The zero-order chi connectivity index (χ0) is 15.5. The lowest BCUT2D eigenvalue weighted by molar-refractivity contribution is 0.0956. The number of amides is 1. The largest absolute Gasteiger partial charge is 0.492 e. The Hall–Kier alpha value is -2.74. The number of nitrogens with zero attached hydrogens (tertiary/aromatic N) is 3. The number of aromatic nitrogens is 3. The zero-order valence-electron chi connectivity index (χ0n) is 11.5. The van der Waals surface area contributed by atoms with Crippen LogP contribution < -0.4 is 11.1 Å². The minimum absolute atomic E-state index is 0.0622. The van der Waals surface area contributed by atoms with Gasteiger partial charge in [0.1, 0.15) is 10.2 Å². The SMILES string of the molecule is Nc1nc(O)c2scc(C(=O)NCCc3cccnc3)c2n1. The Morgan fingerprint density at radius 1 is 1.41 bits per heavy atom. The number of hydrogen-bond acceptors (Lipinski definition) is 7. The molecule has 0 radical (unpaired) electrons. The molecule has 0 unspecified atom stereocenters. The third-order valence-corrected chi connectivity index (χ3v) is 4.05. The van der Waals surface area contributed by atoms with Crippen molar-refractivity contribution in [3.05, 3.63) is 41.0 Å². The Labute approximate surface area is 129 Å². The maximum atomic E-state index is 12.2. The Morgan fingerprint density at radius 2 is 2.27 bits per heavy atom. The predicted octanol–water partition coefficient (Wildman–Crippen LogP) is 1.35. The summed E-state index contributed by atoms with van der Waals surface area (Å²) in [6.45, 7) is 0.481. The molecule has 112 valence electrons. The molecule has 0 aliphatic carbocycles. The molecule has 3 aromatic rings. The molecule has 1 amide bonds. The zero-order valence-corrected chi connectivity index (χ0v) is 12.3. The van der Waals surface area contributed by atoms with Crippen LogP contribution in [0.2, 0.25) is 0 Å². The molecular formula is C14H13N5O2S. The summed E-state index contributed by atoms with van der Waals surface area (Å²) in [7, 11) is 0. The van der Waals surface area contributed by atoms with Crippen LogP contribution >= 0.6 is 11.3 Å². The topological polar surface area (TPSA) is 114 Å². The molecule has 4 N–H and O–H groups in total. The minimum atomic E-state index is -0.257. The number of nitrogens with two attached hydrogens (primary N) is 1. The summed E-state index contributed by atoms with van der Waals surface area (Å²) in [4.78, 5) is 24.0. The van der Waals surface area contributed by atoms with Gasteiger partial charge in [0.15, 0.2) is 0 Å². The van der Waals surface area contributed by atoms with Crippen molar-refractivity contribution in [1.82, 2.24) is 20.3 Å². The van der Waals surface area contributed by atoms with Gasteiger partial charge in [-0.3, -0.25) is 9.78 Å². The van der Waals surface area contributed by atoms with E-state index < -0.39 is 0 Å². The smallest absolute Gasteiger partial charge is 0.254 e. The van der Waals surface area contributed by atoms with Crippen molar-refractivity contribution >= 4 is 33.4 Å². The lowest BCUT2D eigenvalue weighted by Crippen LogP contribution is -2.25. The number of rotatable bonds is 4. The molecule has 3 heterocycles. The van der Waals surface area contributed by atoms with E-state index in [9.17, 15) is 9.90 Å². The number of carbonyl (C=O) groups is 1. The van der Waals surface area contributed by atoms with Crippen LogP contribution in [0.15, 0.2) is 29.9 Å². The van der Waals surface area contributed by atoms with E-state index in [2.05, 4.69) is 20.3 Å². The summed E-state index contributed by atoms with van der Waals surface area (Å²) in [6, 6.07) is 3.80. The second kappa shape index (κ2) is 5.94. The number of anilines is 1. The molecule has 0 atom stereocenters. The van der Waals surface area contributed by atoms with Crippen LogP contribution in [-0.2, 0) is 6.42 Å². The molecule has 0 fully saturated rings. The van der Waals surface area contributed by atoms with Gasteiger partial charge >= 0.3 is 0 Å². The fourth-order valence-corrected chi connectivity index (χ4v) is 2.92. The van der Waals surface area contributed by atoms with E-state index in [1.165, 1.54) is 11.3 Å². The first-order valence-corrected chi connectivity index (χ1v) is 7.44. The Bertz CT molecular complexity index is 819. The molecule has 3 rings (SSSR count). The van der Waals surface area contributed by atoms with Gasteiger partial charge in [-0.2, -0.15) is 4.98 Å². The van der Waals surface area contributed by atoms with E-state index in [1.807, 2.05) is 12.1 Å². The third kappa shape index (κ3) is 2.82. The maximum absolute atomic E-state index is 12.2. The summed E-state index contributed by atoms with van der Waals surface area (Å²) >= 11 is 1.21. The van der Waals surface area contributed by atoms with E-state index in [4.69, 9.17) is 5.73 Å². The van der Waals surface area contributed by atoms with Gasteiger partial charge in [-0.05, 0) is 18.1 Å². The van der Waals surface area contributed by atoms with Crippen molar-refractivity contribution in [1.29, 1.82) is 0 Å². The molecule has 0 saturated heterocycles. The van der Waals surface area contributed by atoms with Crippen LogP contribution in [0.25, 0.3) is 10.2 Å². The molecule has 0 aliphatic heterocycles. The average Bonchev–Trinajstić information content (AvgIpc) is 2.92. The number of nitrogen functional groups attached to an aromatic ring is 1. The maximum Gasteiger partial charge on any atom is 0.254 e. The highest BCUT2D eigenvalue weighted by Gasteiger charge is 2.17. The molecule has 22 heavy (non-hydrogen) atoms. The first-order valence-electron chi connectivity index (χ1n) is 6.56. The normalized spacial score (nSPS) is 10.7. The van der Waals surface area contributed by atoms with Gasteiger partial charge in [0, 0.05) is 24.3 Å². The van der Waals surface area contributed by atoms with Crippen LogP contribution in [0.3, 0.4) is 0 Å². The second-order valence-corrected chi connectivity index (χ2v) is 5.48. The fourth-order valence-electron chi connectivity index (χ4n) is 2.04. The first kappa shape index (κ1) is 14.2. The number of thiophene rings is 1. The molecule has 3 aromatic heterocycles. The lowest BCUT2D eigenvalue weighted by atomic mass is 10.2. The van der Waals surface area contributed by atoms with Crippen molar-refractivity contribution in [2.45, 2.75) is 6.42 Å². The molecule has 0 bridgehead atoms. The first-order chi connectivity index (χ1) is 10.6. The molecular weight excluding hydrogens is 302 g/mol. The van der Waals surface area contributed by atoms with Crippen LogP contribution in [-0.4, -0.2) is 32.5 Å². The van der Waals surface area contributed by atoms with E-state index in [0.717, 1.165) is 5.56 Å². The standard InChI is InChI=1S/C14H13N5O2S/c15-14-18-10-9(7-22-11(10)13(21)19-14)12(20)17-5-3-8-2-1-4-16-6-8/h1-2,4,6-7H,3,5H2,(H,17,20)(H3,15,18,19,21). The third-order valence-electron chi connectivity index (χ3n) is 3.08. The quantitative estimate of drug-likeness (QED) is 0.669. The number of fused-ring (bicyclic) bond motifs is 1. The lowest BCUT2D eigenvalue weighted by Gasteiger charge is -2.04. The van der Waals surface area contributed by atoms with E-state index >= 15 is 0 Å². The van der Waals surface area contributed by atoms with Crippen LogP contribution in [0, 0.1) is 0 Å². The number of pyridine rings is 1. The summed E-state index contributed by atoms with van der Waals surface area (Å²) in [5.41, 5.74) is 7.31. The summed E-state index contributed by atoms with van der Waals surface area (Å²) in [5.74, 6) is -0.526. The van der Waals surface area contributed by atoms with Crippen molar-refractivity contribution < 1.29 is 9.90 Å². The Kier molecular flexibility index (Phi) is 3.84. The van der Waals surface area contributed by atoms with E-state index in [1.54, 1.807) is 17.8 Å². The van der Waals surface area contributed by atoms with Crippen molar-refractivity contribution in [3.8, 4) is 5.88 Å². The average molecular weight is 315 g/mol. The van der Waals surface area contributed by atoms with Crippen molar-refractivity contribution in [2.75, 3.05) is 12.3 Å². The number of carbonyl (C=O) groups excluding carboxylic acids is 1. The number of hydrogen-bond donors (Lipinski definition) is 3. The van der Waals surface area contributed by atoms with E-state index in [-0.39, 0.29) is 17.7 Å². The molecule has 7 nitrogen and oxygen atoms in total. The summed E-state index contributed by atoms with van der Waals surface area (Å²) < 4.78 is 0.451. The highest BCUT2D eigenvalue weighted by Crippen LogP contribution is 2.30. The number of nitrogens with one attached hydrogen (secondary N) is 1. The Balaban J connectivity index is 1.73. The molecule has 0 aromatic carbocycles. The highest BCUT2D eigenvalue weighted by atomic mass is 32.1.